The topological polar surface area (TPSA) is 55.3 Å². The fourth-order valence-electron chi connectivity index (χ4n) is 3.25. The molecule has 26 heavy (non-hydrogen) atoms. The average Bonchev–Trinajstić information content (AvgIpc) is 3.14. The molecule has 1 aromatic rings. The van der Waals surface area contributed by atoms with Crippen molar-refractivity contribution in [3.63, 3.8) is 0 Å². The molecule has 6 nitrogen and oxygen atoms in total. The first-order chi connectivity index (χ1) is 12.4. The maximum Gasteiger partial charge on any atom is 0.193 e. The van der Waals surface area contributed by atoms with Crippen LogP contribution in [0.5, 0.6) is 11.5 Å². The minimum absolute atomic E-state index is 0.0905. The van der Waals surface area contributed by atoms with Gasteiger partial charge < -0.3 is 24.4 Å². The number of ether oxygens (including phenoxy) is 3. The summed E-state index contributed by atoms with van der Waals surface area (Å²) in [5, 5.41) is 3.51. The van der Waals surface area contributed by atoms with Crippen molar-refractivity contribution in [2.24, 2.45) is 10.9 Å². The monoisotopic (exact) mass is 363 g/mol. The summed E-state index contributed by atoms with van der Waals surface area (Å²) in [5.41, 5.74) is 1.09. The van der Waals surface area contributed by atoms with Gasteiger partial charge in [-0.15, -0.1) is 0 Å². The van der Waals surface area contributed by atoms with E-state index in [1.807, 2.05) is 19.2 Å². The second-order valence-electron chi connectivity index (χ2n) is 7.46. The number of rotatable bonds is 7. The lowest BCUT2D eigenvalue weighted by atomic mass is 9.84. The fourth-order valence-corrected chi connectivity index (χ4v) is 3.25. The van der Waals surface area contributed by atoms with Crippen LogP contribution in [0.3, 0.4) is 0 Å². The normalized spacial score (nSPS) is 17.9. The standard InChI is InChI=1S/C20H33N3O3/c1-20(2,16-7-8-17(24-5)18(11-16)25-6)14-22-19(21-3)23(4)12-15-9-10-26-13-15/h7-8,11,15H,9-10,12-14H2,1-6H3,(H,21,22). The number of hydrogen-bond donors (Lipinski definition) is 1. The van der Waals surface area contributed by atoms with E-state index in [2.05, 4.69) is 42.2 Å². The lowest BCUT2D eigenvalue weighted by Gasteiger charge is -2.30. The van der Waals surface area contributed by atoms with E-state index in [1.54, 1.807) is 14.2 Å². The molecule has 0 saturated carbocycles. The van der Waals surface area contributed by atoms with Gasteiger partial charge in [-0.05, 0) is 24.1 Å². The Kier molecular flexibility index (Phi) is 7.14. The van der Waals surface area contributed by atoms with Crippen molar-refractivity contribution in [1.29, 1.82) is 0 Å². The van der Waals surface area contributed by atoms with Gasteiger partial charge >= 0.3 is 0 Å². The molecule has 0 spiro atoms. The second-order valence-corrected chi connectivity index (χ2v) is 7.46. The summed E-state index contributed by atoms with van der Waals surface area (Å²) < 4.78 is 16.3. The van der Waals surface area contributed by atoms with Crippen LogP contribution in [-0.2, 0) is 10.2 Å². The molecule has 1 heterocycles. The zero-order valence-corrected chi connectivity index (χ0v) is 17.0. The highest BCUT2D eigenvalue weighted by Crippen LogP contribution is 2.32. The minimum atomic E-state index is -0.0905. The molecule has 1 aliphatic heterocycles. The van der Waals surface area contributed by atoms with Gasteiger partial charge in [0, 0.05) is 45.1 Å². The van der Waals surface area contributed by atoms with Crippen LogP contribution in [0.4, 0.5) is 0 Å². The van der Waals surface area contributed by atoms with Crippen molar-refractivity contribution in [3.8, 4) is 11.5 Å². The Labute approximate surface area is 157 Å². The molecule has 1 unspecified atom stereocenters. The Hall–Kier alpha value is -1.95. The smallest absolute Gasteiger partial charge is 0.193 e. The van der Waals surface area contributed by atoms with E-state index >= 15 is 0 Å². The summed E-state index contributed by atoms with van der Waals surface area (Å²) in [5.74, 6) is 2.98. The molecule has 0 aliphatic carbocycles. The van der Waals surface area contributed by atoms with Crippen molar-refractivity contribution in [2.75, 3.05) is 54.6 Å². The number of methoxy groups -OCH3 is 2. The van der Waals surface area contributed by atoms with E-state index in [1.165, 1.54) is 5.56 Å². The number of hydrogen-bond acceptors (Lipinski definition) is 4. The average molecular weight is 364 g/mol. The van der Waals surface area contributed by atoms with E-state index < -0.39 is 0 Å². The molecular weight excluding hydrogens is 330 g/mol. The molecule has 146 valence electrons. The minimum Gasteiger partial charge on any atom is -0.493 e. The molecule has 1 aromatic carbocycles. The third-order valence-electron chi connectivity index (χ3n) is 4.98. The van der Waals surface area contributed by atoms with E-state index in [0.717, 1.165) is 50.2 Å². The van der Waals surface area contributed by atoms with Crippen molar-refractivity contribution in [2.45, 2.75) is 25.7 Å². The Morgan fingerprint density at radius 3 is 2.62 bits per heavy atom. The summed E-state index contributed by atoms with van der Waals surface area (Å²) in [6.45, 7) is 7.85. The highest BCUT2D eigenvalue weighted by molar-refractivity contribution is 5.79. The zero-order chi connectivity index (χ0) is 19.2. The molecule has 1 saturated heterocycles. The van der Waals surface area contributed by atoms with Crippen LogP contribution in [-0.4, -0.2) is 65.5 Å². The number of aliphatic imine (C=N–C) groups is 1. The fraction of sp³-hybridized carbons (Fsp3) is 0.650. The summed E-state index contributed by atoms with van der Waals surface area (Å²) in [7, 11) is 7.22. The maximum atomic E-state index is 5.48. The van der Waals surface area contributed by atoms with Crippen molar-refractivity contribution in [3.05, 3.63) is 23.8 Å². The van der Waals surface area contributed by atoms with Gasteiger partial charge in [0.2, 0.25) is 0 Å². The molecule has 0 radical (unpaired) electrons. The Morgan fingerprint density at radius 1 is 1.31 bits per heavy atom. The first kappa shape index (κ1) is 20.4. The molecule has 0 aromatic heterocycles. The molecule has 0 bridgehead atoms. The molecule has 1 fully saturated rings. The second kappa shape index (κ2) is 9.12. The lowest BCUT2D eigenvalue weighted by Crippen LogP contribution is -2.45. The number of nitrogens with one attached hydrogen (secondary N) is 1. The summed E-state index contributed by atoms with van der Waals surface area (Å²) in [6, 6.07) is 6.09. The Bertz CT molecular complexity index is 610. The largest absolute Gasteiger partial charge is 0.493 e. The van der Waals surface area contributed by atoms with Gasteiger partial charge in [0.25, 0.3) is 0 Å². The van der Waals surface area contributed by atoms with Crippen LogP contribution in [0.25, 0.3) is 0 Å². The zero-order valence-electron chi connectivity index (χ0n) is 17.0. The molecule has 1 atom stereocenters. The van der Waals surface area contributed by atoms with Gasteiger partial charge in [-0.1, -0.05) is 19.9 Å². The SMILES string of the molecule is CN=C(NCC(C)(C)c1ccc(OC)c(OC)c1)N(C)CC1CCOC1. The van der Waals surface area contributed by atoms with Crippen LogP contribution in [0.15, 0.2) is 23.2 Å². The molecule has 1 aliphatic rings. The van der Waals surface area contributed by atoms with E-state index in [0.29, 0.717) is 5.92 Å². The molecular formula is C20H33N3O3. The van der Waals surface area contributed by atoms with Gasteiger partial charge in [0.15, 0.2) is 17.5 Å². The highest BCUT2D eigenvalue weighted by Gasteiger charge is 2.24. The maximum absolute atomic E-state index is 5.48. The first-order valence-corrected chi connectivity index (χ1v) is 9.13. The predicted octanol–water partition coefficient (Wildman–Crippen LogP) is 2.53. The summed E-state index contributed by atoms with van der Waals surface area (Å²) in [4.78, 5) is 6.62. The van der Waals surface area contributed by atoms with Gasteiger partial charge in [0.05, 0.1) is 20.8 Å². The first-order valence-electron chi connectivity index (χ1n) is 9.13. The van der Waals surface area contributed by atoms with Crippen LogP contribution in [0.1, 0.15) is 25.8 Å². The van der Waals surface area contributed by atoms with Gasteiger partial charge in [-0.2, -0.15) is 0 Å². The van der Waals surface area contributed by atoms with E-state index in [4.69, 9.17) is 14.2 Å². The molecule has 2 rings (SSSR count). The van der Waals surface area contributed by atoms with E-state index in [-0.39, 0.29) is 5.41 Å². The van der Waals surface area contributed by atoms with Gasteiger partial charge in [-0.25, -0.2) is 0 Å². The number of benzene rings is 1. The highest BCUT2D eigenvalue weighted by atomic mass is 16.5. The van der Waals surface area contributed by atoms with Crippen molar-refractivity contribution >= 4 is 5.96 Å². The predicted molar refractivity (Wildman–Crippen MR) is 105 cm³/mol. The van der Waals surface area contributed by atoms with Crippen LogP contribution in [0.2, 0.25) is 0 Å². The van der Waals surface area contributed by atoms with Gasteiger partial charge in [-0.3, -0.25) is 4.99 Å². The van der Waals surface area contributed by atoms with Crippen LogP contribution >= 0.6 is 0 Å². The number of nitrogens with zero attached hydrogens (tertiary/aromatic N) is 2. The van der Waals surface area contributed by atoms with Crippen molar-refractivity contribution in [1.82, 2.24) is 10.2 Å². The van der Waals surface area contributed by atoms with Gasteiger partial charge in [0.1, 0.15) is 0 Å². The Balaban J connectivity index is 2.01. The van der Waals surface area contributed by atoms with E-state index in [9.17, 15) is 0 Å². The quantitative estimate of drug-likeness (QED) is 0.596. The molecule has 0 amide bonds. The van der Waals surface area contributed by atoms with Crippen LogP contribution in [0, 0.1) is 5.92 Å². The number of guanidine groups is 1. The lowest BCUT2D eigenvalue weighted by molar-refractivity contribution is 0.181. The molecule has 1 N–H and O–H groups in total. The van der Waals surface area contributed by atoms with Crippen LogP contribution < -0.4 is 14.8 Å². The third kappa shape index (κ3) is 5.04. The summed E-state index contributed by atoms with van der Waals surface area (Å²) >= 11 is 0. The van der Waals surface area contributed by atoms with Crippen molar-refractivity contribution < 1.29 is 14.2 Å². The molecule has 6 heteroatoms. The third-order valence-corrected chi connectivity index (χ3v) is 4.98. The summed E-state index contributed by atoms with van der Waals surface area (Å²) in [6.07, 6.45) is 1.12. The Morgan fingerprint density at radius 2 is 2.04 bits per heavy atom.